The molecule has 0 bridgehead atoms. The molecular weight excluding hydrogens is 258 g/mol. The average molecular weight is 273 g/mol. The molecule has 20 heavy (non-hydrogen) atoms. The van der Waals surface area contributed by atoms with Crippen molar-refractivity contribution in [2.24, 2.45) is 5.92 Å². The number of amides is 2. The van der Waals surface area contributed by atoms with Gasteiger partial charge in [-0.05, 0) is 37.0 Å². The Hall–Kier alpha value is -2.55. The molecule has 0 saturated heterocycles. The number of urea groups is 1. The van der Waals surface area contributed by atoms with Gasteiger partial charge in [-0.25, -0.2) is 4.79 Å². The number of benzene rings is 1. The van der Waals surface area contributed by atoms with Gasteiger partial charge in [0.05, 0.1) is 11.6 Å². The van der Waals surface area contributed by atoms with E-state index in [1.807, 2.05) is 6.07 Å². The fourth-order valence-electron chi connectivity index (χ4n) is 1.86. The number of rotatable bonds is 5. The van der Waals surface area contributed by atoms with Crippen LogP contribution in [0.2, 0.25) is 0 Å². The summed E-state index contributed by atoms with van der Waals surface area (Å²) in [6, 6.07) is 8.04. The molecule has 0 atom stereocenters. The van der Waals surface area contributed by atoms with Gasteiger partial charge in [0.1, 0.15) is 6.54 Å². The minimum Gasteiger partial charge on any atom is -0.480 e. The molecular formula is C14H15N3O3. The maximum absolute atomic E-state index is 12.1. The first-order chi connectivity index (χ1) is 9.58. The van der Waals surface area contributed by atoms with Crippen molar-refractivity contribution in [3.05, 3.63) is 29.8 Å². The molecule has 0 aromatic heterocycles. The molecule has 1 aromatic rings. The lowest BCUT2D eigenvalue weighted by atomic mass is 10.2. The van der Waals surface area contributed by atoms with E-state index < -0.39 is 12.0 Å². The van der Waals surface area contributed by atoms with Crippen molar-refractivity contribution in [1.29, 1.82) is 5.26 Å². The van der Waals surface area contributed by atoms with E-state index in [4.69, 9.17) is 10.4 Å². The second-order valence-corrected chi connectivity index (χ2v) is 4.84. The quantitative estimate of drug-likeness (QED) is 0.856. The van der Waals surface area contributed by atoms with E-state index in [-0.39, 0.29) is 6.54 Å². The van der Waals surface area contributed by atoms with Crippen molar-refractivity contribution in [2.75, 3.05) is 18.4 Å². The molecule has 6 heteroatoms. The number of hydrogen-bond acceptors (Lipinski definition) is 3. The van der Waals surface area contributed by atoms with Crippen LogP contribution in [0.4, 0.5) is 10.5 Å². The van der Waals surface area contributed by atoms with E-state index in [2.05, 4.69) is 5.32 Å². The smallest absolute Gasteiger partial charge is 0.323 e. The van der Waals surface area contributed by atoms with Crippen molar-refractivity contribution < 1.29 is 14.7 Å². The largest absolute Gasteiger partial charge is 0.480 e. The molecule has 0 unspecified atom stereocenters. The number of hydrogen-bond donors (Lipinski definition) is 2. The highest BCUT2D eigenvalue weighted by Crippen LogP contribution is 2.29. The Balaban J connectivity index is 2.02. The van der Waals surface area contributed by atoms with Crippen LogP contribution in [-0.4, -0.2) is 35.1 Å². The summed E-state index contributed by atoms with van der Waals surface area (Å²) in [5.41, 5.74) is 0.926. The van der Waals surface area contributed by atoms with Crippen molar-refractivity contribution in [3.63, 3.8) is 0 Å². The number of nitrogens with one attached hydrogen (secondary N) is 1. The summed E-state index contributed by atoms with van der Waals surface area (Å²) in [6.45, 7) is 0.135. The molecule has 0 spiro atoms. The van der Waals surface area contributed by atoms with Crippen molar-refractivity contribution in [2.45, 2.75) is 12.8 Å². The molecule has 1 saturated carbocycles. The third-order valence-electron chi connectivity index (χ3n) is 3.03. The highest BCUT2D eigenvalue weighted by atomic mass is 16.4. The van der Waals surface area contributed by atoms with Crippen LogP contribution in [0.25, 0.3) is 0 Å². The molecule has 0 aliphatic heterocycles. The van der Waals surface area contributed by atoms with Crippen molar-refractivity contribution in [3.8, 4) is 6.07 Å². The lowest BCUT2D eigenvalue weighted by molar-refractivity contribution is -0.137. The van der Waals surface area contributed by atoms with Crippen LogP contribution >= 0.6 is 0 Å². The molecule has 1 aliphatic carbocycles. The molecule has 1 aromatic carbocycles. The van der Waals surface area contributed by atoms with Crippen LogP contribution in [0.3, 0.4) is 0 Å². The molecule has 1 fully saturated rings. The van der Waals surface area contributed by atoms with Gasteiger partial charge >= 0.3 is 12.0 Å². The van der Waals surface area contributed by atoms with Gasteiger partial charge in [0.15, 0.2) is 0 Å². The zero-order valence-electron chi connectivity index (χ0n) is 10.9. The highest BCUT2D eigenvalue weighted by Gasteiger charge is 2.28. The van der Waals surface area contributed by atoms with Gasteiger partial charge in [-0.15, -0.1) is 0 Å². The number of carboxylic acids is 1. The number of carbonyl (C=O) groups excluding carboxylic acids is 1. The van der Waals surface area contributed by atoms with Gasteiger partial charge in [-0.3, -0.25) is 4.79 Å². The van der Waals surface area contributed by atoms with Gasteiger partial charge in [0.25, 0.3) is 0 Å². The number of anilines is 1. The third-order valence-corrected chi connectivity index (χ3v) is 3.03. The Bertz CT molecular complexity index is 561. The first-order valence-corrected chi connectivity index (χ1v) is 6.36. The summed E-state index contributed by atoms with van der Waals surface area (Å²) < 4.78 is 0. The Labute approximate surface area is 116 Å². The summed E-state index contributed by atoms with van der Waals surface area (Å²) >= 11 is 0. The lowest BCUT2D eigenvalue weighted by Crippen LogP contribution is -2.40. The first-order valence-electron chi connectivity index (χ1n) is 6.36. The molecule has 2 N–H and O–H groups in total. The number of aliphatic carboxylic acids is 1. The van der Waals surface area contributed by atoms with Crippen LogP contribution < -0.4 is 5.32 Å². The predicted molar refractivity (Wildman–Crippen MR) is 72.1 cm³/mol. The molecule has 1 aliphatic rings. The van der Waals surface area contributed by atoms with E-state index in [9.17, 15) is 9.59 Å². The summed E-state index contributed by atoms with van der Waals surface area (Å²) in [6.07, 6.45) is 2.07. The third kappa shape index (κ3) is 3.99. The minimum atomic E-state index is -1.04. The van der Waals surface area contributed by atoms with Gasteiger partial charge in [0, 0.05) is 12.2 Å². The molecule has 2 rings (SSSR count). The van der Waals surface area contributed by atoms with E-state index >= 15 is 0 Å². The average Bonchev–Trinajstić information content (AvgIpc) is 3.21. The SMILES string of the molecule is N#Cc1cccc(NC(=O)N(CC(=O)O)CC2CC2)c1. The number of nitrogens with zero attached hydrogens (tertiary/aromatic N) is 2. The van der Waals surface area contributed by atoms with Gasteiger partial charge in [-0.2, -0.15) is 5.26 Å². The molecule has 2 amide bonds. The van der Waals surface area contributed by atoms with Crippen LogP contribution in [0, 0.1) is 17.2 Å². The van der Waals surface area contributed by atoms with Gasteiger partial charge in [-0.1, -0.05) is 6.07 Å². The fourth-order valence-corrected chi connectivity index (χ4v) is 1.86. The van der Waals surface area contributed by atoms with E-state index in [1.54, 1.807) is 24.3 Å². The van der Waals surface area contributed by atoms with Crippen LogP contribution in [0.1, 0.15) is 18.4 Å². The van der Waals surface area contributed by atoms with Crippen LogP contribution in [0.5, 0.6) is 0 Å². The zero-order valence-corrected chi connectivity index (χ0v) is 10.9. The Morgan fingerprint density at radius 1 is 1.45 bits per heavy atom. The lowest BCUT2D eigenvalue weighted by Gasteiger charge is -2.21. The maximum Gasteiger partial charge on any atom is 0.323 e. The molecule has 6 nitrogen and oxygen atoms in total. The van der Waals surface area contributed by atoms with Crippen molar-refractivity contribution >= 4 is 17.7 Å². The predicted octanol–water partition coefficient (Wildman–Crippen LogP) is 1.89. The van der Waals surface area contributed by atoms with Crippen LogP contribution in [0.15, 0.2) is 24.3 Å². The summed E-state index contributed by atoms with van der Waals surface area (Å²) in [7, 11) is 0. The minimum absolute atomic E-state index is 0.319. The topological polar surface area (TPSA) is 93.4 Å². The second kappa shape index (κ2) is 6.06. The maximum atomic E-state index is 12.1. The van der Waals surface area contributed by atoms with E-state index in [1.165, 1.54) is 4.90 Å². The normalized spacial score (nSPS) is 13.3. The van der Waals surface area contributed by atoms with Crippen LogP contribution in [-0.2, 0) is 4.79 Å². The Morgan fingerprint density at radius 3 is 2.80 bits per heavy atom. The fraction of sp³-hybridized carbons (Fsp3) is 0.357. The summed E-state index contributed by atoms with van der Waals surface area (Å²) in [5, 5.41) is 20.3. The second-order valence-electron chi connectivity index (χ2n) is 4.84. The monoisotopic (exact) mass is 273 g/mol. The Kier molecular flexibility index (Phi) is 4.20. The number of carboxylic acid groups (broad SMARTS) is 1. The number of carbonyl (C=O) groups is 2. The summed E-state index contributed by atoms with van der Waals surface area (Å²) in [4.78, 5) is 24.2. The van der Waals surface area contributed by atoms with Gasteiger partial charge < -0.3 is 15.3 Å². The van der Waals surface area contributed by atoms with Crippen molar-refractivity contribution in [1.82, 2.24) is 4.90 Å². The molecule has 0 heterocycles. The highest BCUT2D eigenvalue weighted by molar-refractivity contribution is 5.91. The summed E-state index contributed by atoms with van der Waals surface area (Å²) in [5.74, 6) is -0.628. The van der Waals surface area contributed by atoms with E-state index in [0.29, 0.717) is 23.7 Å². The Morgan fingerprint density at radius 2 is 2.20 bits per heavy atom. The molecule has 104 valence electrons. The first kappa shape index (κ1) is 13.9. The number of nitriles is 1. The molecule has 0 radical (unpaired) electrons. The van der Waals surface area contributed by atoms with Gasteiger partial charge in [0.2, 0.25) is 0 Å². The van der Waals surface area contributed by atoms with E-state index in [0.717, 1.165) is 12.8 Å². The zero-order chi connectivity index (χ0) is 14.5. The standard InChI is InChI=1S/C14H15N3O3/c15-7-11-2-1-3-12(6-11)16-14(20)17(9-13(18)19)8-10-4-5-10/h1-3,6,10H,4-5,8-9H2,(H,16,20)(H,18,19).